The Kier molecular flexibility index (Phi) is 4.46. The molecular weight excluding hydrogens is 281 g/mol. The first-order chi connectivity index (χ1) is 9.08. The van der Waals surface area contributed by atoms with Crippen molar-refractivity contribution in [1.82, 2.24) is 4.90 Å². The normalized spacial score (nSPS) is 10.3. The Labute approximate surface area is 122 Å². The molecule has 2 aromatic rings. The van der Waals surface area contributed by atoms with Crippen LogP contribution in [0.5, 0.6) is 0 Å². The van der Waals surface area contributed by atoms with E-state index in [9.17, 15) is 4.79 Å². The van der Waals surface area contributed by atoms with Crippen molar-refractivity contribution in [1.29, 1.82) is 0 Å². The number of benzene rings is 2. The molecule has 0 fully saturated rings. The van der Waals surface area contributed by atoms with Crippen LogP contribution in [0.15, 0.2) is 48.5 Å². The Hall–Kier alpha value is -1.51. The van der Waals surface area contributed by atoms with E-state index in [-0.39, 0.29) is 5.91 Å². The quantitative estimate of drug-likeness (QED) is 0.828. The van der Waals surface area contributed by atoms with Gasteiger partial charge in [0, 0.05) is 18.6 Å². The van der Waals surface area contributed by atoms with Gasteiger partial charge in [-0.05, 0) is 29.8 Å². The summed E-state index contributed by atoms with van der Waals surface area (Å²) in [7, 11) is 1.75. The van der Waals surface area contributed by atoms with Gasteiger partial charge in [0.2, 0.25) is 0 Å². The Bertz CT molecular complexity index is 581. The first-order valence-corrected chi connectivity index (χ1v) is 6.58. The first-order valence-electron chi connectivity index (χ1n) is 5.82. The van der Waals surface area contributed by atoms with Crippen molar-refractivity contribution in [3.8, 4) is 0 Å². The van der Waals surface area contributed by atoms with Gasteiger partial charge in [-0.2, -0.15) is 0 Å². The van der Waals surface area contributed by atoms with E-state index in [0.29, 0.717) is 22.2 Å². The summed E-state index contributed by atoms with van der Waals surface area (Å²) in [6.45, 7) is 0.515. The van der Waals surface area contributed by atoms with Crippen molar-refractivity contribution < 1.29 is 4.79 Å². The number of hydrogen-bond donors (Lipinski definition) is 0. The summed E-state index contributed by atoms with van der Waals surface area (Å²) >= 11 is 11.9. The van der Waals surface area contributed by atoms with Crippen LogP contribution in [0.1, 0.15) is 15.9 Å². The van der Waals surface area contributed by atoms with Crippen LogP contribution in [-0.2, 0) is 6.54 Å². The highest BCUT2D eigenvalue weighted by Gasteiger charge is 2.14. The Morgan fingerprint density at radius 1 is 1.05 bits per heavy atom. The Morgan fingerprint density at radius 3 is 2.32 bits per heavy atom. The van der Waals surface area contributed by atoms with E-state index in [1.165, 1.54) is 0 Å². The van der Waals surface area contributed by atoms with E-state index in [4.69, 9.17) is 23.2 Å². The van der Waals surface area contributed by atoms with Crippen LogP contribution in [0.3, 0.4) is 0 Å². The van der Waals surface area contributed by atoms with Gasteiger partial charge in [-0.3, -0.25) is 4.79 Å². The summed E-state index contributed by atoms with van der Waals surface area (Å²) in [6, 6.07) is 14.5. The molecular formula is C15H13Cl2NO. The van der Waals surface area contributed by atoms with Gasteiger partial charge in [0.05, 0.1) is 10.6 Å². The van der Waals surface area contributed by atoms with Gasteiger partial charge >= 0.3 is 0 Å². The van der Waals surface area contributed by atoms with Crippen LogP contribution in [-0.4, -0.2) is 17.9 Å². The molecule has 19 heavy (non-hydrogen) atoms. The zero-order valence-corrected chi connectivity index (χ0v) is 11.9. The lowest BCUT2D eigenvalue weighted by atomic mass is 10.1. The maximum Gasteiger partial charge on any atom is 0.255 e. The maximum atomic E-state index is 12.3. The molecule has 98 valence electrons. The van der Waals surface area contributed by atoms with E-state index < -0.39 is 0 Å². The van der Waals surface area contributed by atoms with Gasteiger partial charge in [0.15, 0.2) is 0 Å². The molecule has 4 heteroatoms. The molecule has 2 rings (SSSR count). The van der Waals surface area contributed by atoms with Crippen LogP contribution in [0.25, 0.3) is 0 Å². The maximum absolute atomic E-state index is 12.3. The second-order valence-electron chi connectivity index (χ2n) is 4.27. The third-order valence-electron chi connectivity index (χ3n) is 2.78. The van der Waals surface area contributed by atoms with Gasteiger partial charge in [-0.1, -0.05) is 47.5 Å². The van der Waals surface area contributed by atoms with Gasteiger partial charge in [0.25, 0.3) is 5.91 Å². The van der Waals surface area contributed by atoms with Gasteiger partial charge in [-0.25, -0.2) is 0 Å². The zero-order valence-electron chi connectivity index (χ0n) is 10.4. The molecule has 0 saturated carbocycles. The number of carbonyl (C=O) groups excluding carboxylic acids is 1. The topological polar surface area (TPSA) is 20.3 Å². The minimum Gasteiger partial charge on any atom is -0.337 e. The second-order valence-corrected chi connectivity index (χ2v) is 5.11. The summed E-state index contributed by atoms with van der Waals surface area (Å²) < 4.78 is 0. The summed E-state index contributed by atoms with van der Waals surface area (Å²) in [5.41, 5.74) is 1.54. The molecule has 2 nitrogen and oxygen atoms in total. The van der Waals surface area contributed by atoms with Gasteiger partial charge < -0.3 is 4.90 Å². The lowest BCUT2D eigenvalue weighted by Gasteiger charge is -2.18. The molecule has 0 aliphatic carbocycles. The molecule has 0 unspecified atom stereocenters. The second kappa shape index (κ2) is 6.09. The highest BCUT2D eigenvalue weighted by Crippen LogP contribution is 2.18. The first kappa shape index (κ1) is 13.9. The molecule has 0 aliphatic heterocycles. The number of amides is 1. The standard InChI is InChI=1S/C15H13Cl2NO/c1-18(10-11-6-8-12(16)9-7-11)15(19)13-4-2-3-5-14(13)17/h2-9H,10H2,1H3. The molecule has 0 aliphatic rings. The third-order valence-corrected chi connectivity index (χ3v) is 3.37. The van der Waals surface area contributed by atoms with Crippen molar-refractivity contribution in [3.05, 3.63) is 69.7 Å². The molecule has 2 aromatic carbocycles. The summed E-state index contributed by atoms with van der Waals surface area (Å²) in [6.07, 6.45) is 0. The van der Waals surface area contributed by atoms with Gasteiger partial charge in [-0.15, -0.1) is 0 Å². The third kappa shape index (κ3) is 3.49. The monoisotopic (exact) mass is 293 g/mol. The molecule has 1 amide bonds. The lowest BCUT2D eigenvalue weighted by Crippen LogP contribution is -2.26. The molecule has 0 aromatic heterocycles. The minimum atomic E-state index is -0.0967. The van der Waals surface area contributed by atoms with Crippen molar-refractivity contribution in [3.63, 3.8) is 0 Å². The Balaban J connectivity index is 2.12. The molecule has 0 bridgehead atoms. The molecule has 0 atom stereocenters. The summed E-state index contributed by atoms with van der Waals surface area (Å²) in [5, 5.41) is 1.15. The van der Waals surface area contributed by atoms with Crippen LogP contribution < -0.4 is 0 Å². The van der Waals surface area contributed by atoms with E-state index >= 15 is 0 Å². The van der Waals surface area contributed by atoms with Crippen LogP contribution in [0.2, 0.25) is 10.0 Å². The highest BCUT2D eigenvalue weighted by atomic mass is 35.5. The fraction of sp³-hybridized carbons (Fsp3) is 0.133. The van der Waals surface area contributed by atoms with Crippen LogP contribution >= 0.6 is 23.2 Å². The van der Waals surface area contributed by atoms with E-state index in [1.807, 2.05) is 24.3 Å². The molecule has 0 spiro atoms. The fourth-order valence-corrected chi connectivity index (χ4v) is 2.12. The number of nitrogens with zero attached hydrogens (tertiary/aromatic N) is 1. The Morgan fingerprint density at radius 2 is 1.68 bits per heavy atom. The predicted octanol–water partition coefficient (Wildman–Crippen LogP) is 4.27. The van der Waals surface area contributed by atoms with E-state index in [1.54, 1.807) is 36.2 Å². The molecule has 0 saturated heterocycles. The average molecular weight is 294 g/mol. The summed E-state index contributed by atoms with van der Waals surface area (Å²) in [5.74, 6) is -0.0967. The zero-order chi connectivity index (χ0) is 13.8. The number of hydrogen-bond acceptors (Lipinski definition) is 1. The number of halogens is 2. The number of carbonyl (C=O) groups is 1. The molecule has 0 radical (unpaired) electrons. The minimum absolute atomic E-state index is 0.0967. The van der Waals surface area contributed by atoms with Crippen molar-refractivity contribution in [2.45, 2.75) is 6.54 Å². The molecule has 0 heterocycles. The van der Waals surface area contributed by atoms with Crippen molar-refractivity contribution in [2.75, 3.05) is 7.05 Å². The van der Waals surface area contributed by atoms with Gasteiger partial charge in [0.1, 0.15) is 0 Å². The smallest absolute Gasteiger partial charge is 0.255 e. The van der Waals surface area contributed by atoms with Crippen LogP contribution in [0.4, 0.5) is 0 Å². The molecule has 0 N–H and O–H groups in total. The van der Waals surface area contributed by atoms with E-state index in [2.05, 4.69) is 0 Å². The fourth-order valence-electron chi connectivity index (χ4n) is 1.78. The highest BCUT2D eigenvalue weighted by molar-refractivity contribution is 6.33. The number of rotatable bonds is 3. The van der Waals surface area contributed by atoms with Crippen molar-refractivity contribution >= 4 is 29.1 Å². The average Bonchev–Trinajstić information content (AvgIpc) is 2.41. The SMILES string of the molecule is CN(Cc1ccc(Cl)cc1)C(=O)c1ccccc1Cl. The summed E-state index contributed by atoms with van der Waals surface area (Å²) in [4.78, 5) is 13.9. The van der Waals surface area contributed by atoms with Crippen LogP contribution in [0, 0.1) is 0 Å². The van der Waals surface area contributed by atoms with Crippen molar-refractivity contribution in [2.24, 2.45) is 0 Å². The van der Waals surface area contributed by atoms with E-state index in [0.717, 1.165) is 5.56 Å². The lowest BCUT2D eigenvalue weighted by molar-refractivity contribution is 0.0785. The largest absolute Gasteiger partial charge is 0.337 e. The predicted molar refractivity (Wildman–Crippen MR) is 78.7 cm³/mol.